The Hall–Kier alpha value is -5.77. The normalized spacial score (nSPS) is 26.6. The quantitative estimate of drug-likeness (QED) is 0.161. The number of carboxylic acids is 1. The van der Waals surface area contributed by atoms with Crippen molar-refractivity contribution in [1.82, 2.24) is 45.4 Å². The number of fused-ring (bicyclic) bond motifs is 4. The molecule has 67 heavy (non-hydrogen) atoms. The number of carbonyl (C=O) groups excluding carboxylic acids is 3. The van der Waals surface area contributed by atoms with Crippen molar-refractivity contribution in [2.24, 2.45) is 16.7 Å². The average molecular weight is 934 g/mol. The largest absolute Gasteiger partial charge is 0.489 e. The second-order valence-corrected chi connectivity index (χ2v) is 20.4. The first-order chi connectivity index (χ1) is 32.0. The van der Waals surface area contributed by atoms with Crippen LogP contribution in [0.15, 0.2) is 65.5 Å². The van der Waals surface area contributed by atoms with E-state index in [2.05, 4.69) is 69.5 Å². The van der Waals surface area contributed by atoms with Crippen LogP contribution in [0.3, 0.4) is 0 Å². The van der Waals surface area contributed by atoms with Crippen LogP contribution < -0.4 is 20.9 Å². The lowest BCUT2D eigenvalue weighted by Gasteiger charge is -2.63. The molecule has 0 spiro atoms. The first-order valence-corrected chi connectivity index (χ1v) is 23.6. The standard InChI is InChI=1S/C49H57ClN10O7/c1-48(2)46(49(3,4)47(48)67-34-11-9-33(27-51)36(50)26-34)53-42(62)31-7-5-29(6-8-31)15-18-56-21-23-57(24-22-56)28-39-30-16-19-58(20-17-30)60(39)41(45(65)66)32-10-12-37-35(25-32)44(64)59(55-54-37)38-13-14-40(61)52-43(38)63/h5-12,25-26,30,38-39,41,46-47H,13-24,28H2,1-4H3,(H,53,62)(H,65,66)(H,52,61,63)/t38-,39+,41-,46?,47?/m1/s1. The minimum Gasteiger partial charge on any atom is -0.489 e. The van der Waals surface area contributed by atoms with Crippen molar-refractivity contribution in [2.45, 2.75) is 90.1 Å². The van der Waals surface area contributed by atoms with Gasteiger partial charge in [0, 0.05) is 93.3 Å². The summed E-state index contributed by atoms with van der Waals surface area (Å²) >= 11 is 6.27. The van der Waals surface area contributed by atoms with Crippen LogP contribution in [0.2, 0.25) is 5.02 Å². The summed E-state index contributed by atoms with van der Waals surface area (Å²) in [7, 11) is 0. The van der Waals surface area contributed by atoms with E-state index in [1.807, 2.05) is 29.3 Å². The predicted molar refractivity (Wildman–Crippen MR) is 248 cm³/mol. The van der Waals surface area contributed by atoms with Gasteiger partial charge in [-0.05, 0) is 79.1 Å². The van der Waals surface area contributed by atoms with Crippen molar-refractivity contribution >= 4 is 46.2 Å². The monoisotopic (exact) mass is 932 g/mol. The molecule has 1 saturated carbocycles. The third-order valence-electron chi connectivity index (χ3n) is 15.0. The van der Waals surface area contributed by atoms with Crippen molar-refractivity contribution in [2.75, 3.05) is 52.4 Å². The third-order valence-corrected chi connectivity index (χ3v) is 15.3. The molecule has 0 radical (unpaired) electrons. The molecule has 0 unspecified atom stereocenters. The highest BCUT2D eigenvalue weighted by Gasteiger charge is 2.64. The zero-order chi connectivity index (χ0) is 47.4. The van der Waals surface area contributed by atoms with Gasteiger partial charge in [-0.1, -0.05) is 62.7 Å². The number of aliphatic carboxylic acids is 1. The molecule has 6 heterocycles. The second-order valence-electron chi connectivity index (χ2n) is 20.0. The first kappa shape index (κ1) is 46.3. The zero-order valence-corrected chi connectivity index (χ0v) is 39.0. The van der Waals surface area contributed by atoms with E-state index in [-0.39, 0.29) is 53.2 Å². The van der Waals surface area contributed by atoms with Crippen LogP contribution in [0.25, 0.3) is 10.9 Å². The molecule has 6 aliphatic rings. The Bertz CT molecular complexity index is 2670. The van der Waals surface area contributed by atoms with Gasteiger partial charge >= 0.3 is 5.97 Å². The Balaban J connectivity index is 0.794. The molecule has 3 amide bonds. The predicted octanol–water partition coefficient (Wildman–Crippen LogP) is 4.20. The molecule has 18 heteroatoms. The van der Waals surface area contributed by atoms with E-state index in [4.69, 9.17) is 16.3 Å². The molecule has 5 aliphatic heterocycles. The van der Waals surface area contributed by atoms with Gasteiger partial charge in [0.1, 0.15) is 35.5 Å². The van der Waals surface area contributed by atoms with Gasteiger partial charge in [0.25, 0.3) is 17.4 Å². The number of hydrazine groups is 1. The van der Waals surface area contributed by atoms with Crippen LogP contribution in [0.1, 0.15) is 92.5 Å². The fraction of sp³-hybridized carbons (Fsp3) is 0.510. The van der Waals surface area contributed by atoms with Gasteiger partial charge in [-0.3, -0.25) is 34.2 Å². The molecule has 4 aromatic rings. The number of piperidine rings is 2. The van der Waals surface area contributed by atoms with Crippen LogP contribution in [0, 0.1) is 28.1 Å². The van der Waals surface area contributed by atoms with Crippen LogP contribution in [-0.4, -0.2) is 134 Å². The third kappa shape index (κ3) is 8.93. The number of imide groups is 1. The molecule has 6 fully saturated rings. The van der Waals surface area contributed by atoms with Gasteiger partial charge in [0.2, 0.25) is 5.91 Å². The molecule has 1 aliphatic carbocycles. The molecule has 352 valence electrons. The number of hydrogen-bond donors (Lipinski definition) is 3. The molecule has 3 aromatic carbocycles. The number of halogens is 1. The number of carboxylic acid groups (broad SMARTS) is 1. The average Bonchev–Trinajstić information content (AvgIpc) is 3.31. The Morgan fingerprint density at radius 1 is 0.940 bits per heavy atom. The molecule has 1 aromatic heterocycles. The van der Waals surface area contributed by atoms with Crippen LogP contribution >= 0.6 is 11.6 Å². The van der Waals surface area contributed by atoms with E-state index in [0.717, 1.165) is 81.9 Å². The van der Waals surface area contributed by atoms with E-state index in [9.17, 15) is 34.3 Å². The van der Waals surface area contributed by atoms with Gasteiger partial charge in [-0.25, -0.2) is 10.0 Å². The molecule has 2 bridgehead atoms. The van der Waals surface area contributed by atoms with Crippen molar-refractivity contribution in [3.63, 3.8) is 0 Å². The number of nitrogens with one attached hydrogen (secondary N) is 2. The number of nitrogens with zero attached hydrogens (tertiary/aromatic N) is 8. The van der Waals surface area contributed by atoms with Crippen molar-refractivity contribution in [1.29, 1.82) is 5.26 Å². The van der Waals surface area contributed by atoms with E-state index >= 15 is 0 Å². The number of amides is 3. The number of nitriles is 1. The number of hydrogen-bond acceptors (Lipinski definition) is 13. The highest BCUT2D eigenvalue weighted by atomic mass is 35.5. The number of ether oxygens (including phenoxy) is 1. The summed E-state index contributed by atoms with van der Waals surface area (Å²) in [6, 6.07) is 17.7. The molecule has 10 rings (SSSR count). The minimum atomic E-state index is -1.04. The lowest BCUT2D eigenvalue weighted by Crippen LogP contribution is -2.74. The van der Waals surface area contributed by atoms with Crippen LogP contribution in [-0.2, 0) is 20.8 Å². The molecule has 5 saturated heterocycles. The molecule has 17 nitrogen and oxygen atoms in total. The van der Waals surface area contributed by atoms with Crippen LogP contribution in [0.5, 0.6) is 5.75 Å². The van der Waals surface area contributed by atoms with Crippen molar-refractivity contribution in [3.8, 4) is 11.8 Å². The molecular weight excluding hydrogens is 876 g/mol. The van der Waals surface area contributed by atoms with Gasteiger partial charge in [-0.2, -0.15) is 9.94 Å². The fourth-order valence-corrected chi connectivity index (χ4v) is 11.9. The number of piperazine rings is 1. The second kappa shape index (κ2) is 18.4. The Morgan fingerprint density at radius 2 is 1.64 bits per heavy atom. The van der Waals surface area contributed by atoms with Gasteiger partial charge in [0.15, 0.2) is 0 Å². The summed E-state index contributed by atoms with van der Waals surface area (Å²) in [4.78, 5) is 69.9. The summed E-state index contributed by atoms with van der Waals surface area (Å²) in [5, 5.41) is 38.5. The van der Waals surface area contributed by atoms with Gasteiger partial charge < -0.3 is 20.1 Å². The lowest BCUT2D eigenvalue weighted by atomic mass is 9.49. The molecular formula is C49H57ClN10O7. The maximum absolute atomic E-state index is 13.8. The Morgan fingerprint density at radius 3 is 2.30 bits per heavy atom. The maximum atomic E-state index is 13.8. The first-order valence-electron chi connectivity index (χ1n) is 23.2. The van der Waals surface area contributed by atoms with E-state index in [1.54, 1.807) is 36.4 Å². The molecule has 3 N–H and O–H groups in total. The van der Waals surface area contributed by atoms with E-state index < -0.39 is 35.4 Å². The summed E-state index contributed by atoms with van der Waals surface area (Å²) in [5.74, 6) is -1.26. The summed E-state index contributed by atoms with van der Waals surface area (Å²) in [6.07, 6.45) is 2.81. The lowest BCUT2D eigenvalue weighted by molar-refractivity contribution is -0.196. The summed E-state index contributed by atoms with van der Waals surface area (Å²) in [6.45, 7) is 14.9. The summed E-state index contributed by atoms with van der Waals surface area (Å²) in [5.41, 5.74) is 1.58. The number of aromatic nitrogens is 3. The highest BCUT2D eigenvalue weighted by Crippen LogP contribution is 2.55. The summed E-state index contributed by atoms with van der Waals surface area (Å²) < 4.78 is 7.39. The SMILES string of the molecule is CC1(C)C(NC(=O)c2ccc(CCN3CCN(C[C@H]4C5CCN(CC5)N4[C@@H](C(=O)O)c4ccc5nnn([C@@H]6CCC(=O)NC6=O)c(=O)c5c4)CC3)cc2)C(C)(C)C1Oc1ccc(C#N)c(Cl)c1. The van der Waals surface area contributed by atoms with Gasteiger partial charge in [-0.15, -0.1) is 5.10 Å². The Labute approximate surface area is 393 Å². The van der Waals surface area contributed by atoms with Crippen molar-refractivity contribution < 1.29 is 29.0 Å². The van der Waals surface area contributed by atoms with Gasteiger partial charge in [0.05, 0.1) is 16.0 Å². The Kier molecular flexibility index (Phi) is 12.7. The maximum Gasteiger partial charge on any atom is 0.326 e. The topological polar surface area (TPSA) is 206 Å². The van der Waals surface area contributed by atoms with E-state index in [1.165, 1.54) is 0 Å². The number of carbonyl (C=O) groups is 4. The number of benzene rings is 3. The highest BCUT2D eigenvalue weighted by molar-refractivity contribution is 6.31. The van der Waals surface area contributed by atoms with E-state index in [0.29, 0.717) is 38.9 Å². The van der Waals surface area contributed by atoms with Crippen LogP contribution in [0.4, 0.5) is 0 Å². The van der Waals surface area contributed by atoms with Crippen molar-refractivity contribution in [3.05, 3.63) is 98.3 Å². The zero-order valence-electron chi connectivity index (χ0n) is 38.3. The number of rotatable bonds is 13. The smallest absolute Gasteiger partial charge is 0.326 e. The fourth-order valence-electron chi connectivity index (χ4n) is 11.7. The molecule has 3 atom stereocenters. The minimum absolute atomic E-state index is 0.0398.